The fraction of sp³-hybridized carbons (Fsp3) is 0.600. The number of fused-ring (bicyclic) bond motifs is 1. The van der Waals surface area contributed by atoms with Crippen LogP contribution in [-0.2, 0) is 6.42 Å². The van der Waals surface area contributed by atoms with Crippen LogP contribution in [0.4, 0.5) is 0 Å². The summed E-state index contributed by atoms with van der Waals surface area (Å²) in [6, 6.07) is 3.97. The smallest absolute Gasteiger partial charge is 0.127 e. The summed E-state index contributed by atoms with van der Waals surface area (Å²) in [7, 11) is 0. The van der Waals surface area contributed by atoms with E-state index in [1.165, 1.54) is 12.8 Å². The van der Waals surface area contributed by atoms with E-state index < -0.39 is 6.10 Å². The first-order valence-electron chi connectivity index (χ1n) is 7.08. The molecule has 0 spiro atoms. The first-order chi connectivity index (χ1) is 9.20. The molecule has 1 saturated heterocycles. The van der Waals surface area contributed by atoms with Gasteiger partial charge in [-0.05, 0) is 50.0 Å². The average Bonchev–Trinajstić information content (AvgIpc) is 2.91. The summed E-state index contributed by atoms with van der Waals surface area (Å²) in [5.41, 5.74) is 2.20. The lowest BCUT2D eigenvalue weighted by atomic mass is 9.93. The lowest BCUT2D eigenvalue weighted by Gasteiger charge is -2.37. The van der Waals surface area contributed by atoms with Gasteiger partial charge in [0.25, 0.3) is 0 Å². The van der Waals surface area contributed by atoms with Crippen molar-refractivity contribution in [3.63, 3.8) is 0 Å². The van der Waals surface area contributed by atoms with Gasteiger partial charge in [-0.15, -0.1) is 0 Å². The van der Waals surface area contributed by atoms with Gasteiger partial charge in [-0.25, -0.2) is 0 Å². The second-order valence-electron chi connectivity index (χ2n) is 5.40. The van der Waals surface area contributed by atoms with E-state index in [2.05, 4.69) is 11.8 Å². The maximum absolute atomic E-state index is 10.3. The van der Waals surface area contributed by atoms with Crippen molar-refractivity contribution < 1.29 is 9.84 Å². The highest BCUT2D eigenvalue weighted by Crippen LogP contribution is 2.41. The number of nitrogens with zero attached hydrogens (tertiary/aromatic N) is 1. The molecule has 2 heterocycles. The van der Waals surface area contributed by atoms with Crippen LogP contribution in [0.25, 0.3) is 0 Å². The molecule has 2 atom stereocenters. The molecule has 3 rings (SSSR count). The lowest BCUT2D eigenvalue weighted by Crippen LogP contribution is -2.41. The maximum Gasteiger partial charge on any atom is 0.127 e. The number of aryl methyl sites for hydroxylation is 1. The molecule has 2 aliphatic rings. The molecule has 0 aromatic heterocycles. The minimum Gasteiger partial charge on any atom is -0.490 e. The number of rotatable bonds is 2. The van der Waals surface area contributed by atoms with Crippen LogP contribution in [-0.4, -0.2) is 35.8 Å². The van der Waals surface area contributed by atoms with Crippen LogP contribution in [0.5, 0.6) is 5.75 Å². The lowest BCUT2D eigenvalue weighted by molar-refractivity contribution is 0.00836. The Bertz CT molecular complexity index is 471. The molecule has 0 saturated carbocycles. The van der Waals surface area contributed by atoms with Crippen molar-refractivity contribution in [1.82, 2.24) is 4.90 Å². The van der Waals surface area contributed by atoms with E-state index in [0.29, 0.717) is 6.61 Å². The second kappa shape index (κ2) is 5.31. The Morgan fingerprint density at radius 2 is 2.11 bits per heavy atom. The van der Waals surface area contributed by atoms with Crippen LogP contribution < -0.4 is 4.74 Å². The van der Waals surface area contributed by atoms with Gasteiger partial charge in [-0.1, -0.05) is 18.5 Å². The molecule has 1 aromatic rings. The first-order valence-corrected chi connectivity index (χ1v) is 7.45. The summed E-state index contributed by atoms with van der Waals surface area (Å²) in [5, 5.41) is 11.1. The SMILES string of the molecule is CCc1cc(Cl)cc2c1OCC(O)C2N1CCCC1. The first kappa shape index (κ1) is 13.2. The second-order valence-corrected chi connectivity index (χ2v) is 5.84. The normalized spacial score (nSPS) is 27.1. The van der Waals surface area contributed by atoms with Crippen LogP contribution >= 0.6 is 11.6 Å². The van der Waals surface area contributed by atoms with Crippen LogP contribution in [0.1, 0.15) is 36.9 Å². The maximum atomic E-state index is 10.3. The molecule has 4 heteroatoms. The molecule has 2 aliphatic heterocycles. The molecule has 104 valence electrons. The Balaban J connectivity index is 2.05. The Morgan fingerprint density at radius 3 is 2.79 bits per heavy atom. The number of ether oxygens (including phenoxy) is 1. The number of likely N-dealkylation sites (tertiary alicyclic amines) is 1. The van der Waals surface area contributed by atoms with Gasteiger partial charge in [0.05, 0.1) is 6.04 Å². The Morgan fingerprint density at radius 1 is 1.37 bits per heavy atom. The van der Waals surface area contributed by atoms with E-state index in [1.54, 1.807) is 0 Å². The van der Waals surface area contributed by atoms with Gasteiger partial charge < -0.3 is 9.84 Å². The van der Waals surface area contributed by atoms with Gasteiger partial charge in [-0.3, -0.25) is 4.90 Å². The van der Waals surface area contributed by atoms with E-state index >= 15 is 0 Å². The van der Waals surface area contributed by atoms with Gasteiger partial charge in [0.2, 0.25) is 0 Å². The van der Waals surface area contributed by atoms with E-state index in [9.17, 15) is 5.11 Å². The average molecular weight is 282 g/mol. The van der Waals surface area contributed by atoms with Crippen molar-refractivity contribution in [3.8, 4) is 5.75 Å². The number of aliphatic hydroxyl groups is 1. The van der Waals surface area contributed by atoms with Gasteiger partial charge in [0.15, 0.2) is 0 Å². The number of hydrogen-bond acceptors (Lipinski definition) is 3. The highest BCUT2D eigenvalue weighted by atomic mass is 35.5. The van der Waals surface area contributed by atoms with Crippen LogP contribution in [0, 0.1) is 0 Å². The summed E-state index contributed by atoms with van der Waals surface area (Å²) >= 11 is 6.22. The van der Waals surface area contributed by atoms with Crippen molar-refractivity contribution in [2.75, 3.05) is 19.7 Å². The van der Waals surface area contributed by atoms with Gasteiger partial charge in [-0.2, -0.15) is 0 Å². The monoisotopic (exact) mass is 281 g/mol. The number of hydrogen-bond donors (Lipinski definition) is 1. The Labute approximate surface area is 119 Å². The molecular weight excluding hydrogens is 262 g/mol. The molecule has 19 heavy (non-hydrogen) atoms. The molecule has 0 bridgehead atoms. The number of benzene rings is 1. The minimum atomic E-state index is -0.464. The predicted molar refractivity (Wildman–Crippen MR) is 75.9 cm³/mol. The van der Waals surface area contributed by atoms with Crippen molar-refractivity contribution in [1.29, 1.82) is 0 Å². The van der Waals surface area contributed by atoms with Crippen LogP contribution in [0.15, 0.2) is 12.1 Å². The zero-order chi connectivity index (χ0) is 13.4. The molecule has 1 aromatic carbocycles. The number of aliphatic hydroxyl groups excluding tert-OH is 1. The predicted octanol–water partition coefficient (Wildman–Crippen LogP) is 2.79. The summed E-state index contributed by atoms with van der Waals surface area (Å²) in [4.78, 5) is 2.36. The van der Waals surface area contributed by atoms with Crippen molar-refractivity contribution in [2.24, 2.45) is 0 Å². The third kappa shape index (κ3) is 2.35. The highest BCUT2D eigenvalue weighted by molar-refractivity contribution is 6.30. The zero-order valence-electron chi connectivity index (χ0n) is 11.2. The van der Waals surface area contributed by atoms with Crippen LogP contribution in [0.3, 0.4) is 0 Å². The van der Waals surface area contributed by atoms with Crippen molar-refractivity contribution >= 4 is 11.6 Å². The van der Waals surface area contributed by atoms with E-state index in [4.69, 9.17) is 16.3 Å². The molecule has 3 nitrogen and oxygen atoms in total. The summed E-state index contributed by atoms with van der Waals surface area (Å²) in [6.07, 6.45) is 2.85. The zero-order valence-corrected chi connectivity index (χ0v) is 12.0. The van der Waals surface area contributed by atoms with E-state index in [0.717, 1.165) is 41.4 Å². The summed E-state index contributed by atoms with van der Waals surface area (Å²) in [5.74, 6) is 0.939. The number of halogens is 1. The third-order valence-corrected chi connectivity index (χ3v) is 4.37. The molecule has 2 unspecified atom stereocenters. The van der Waals surface area contributed by atoms with E-state index in [1.807, 2.05) is 12.1 Å². The van der Waals surface area contributed by atoms with E-state index in [-0.39, 0.29) is 6.04 Å². The largest absolute Gasteiger partial charge is 0.490 e. The molecule has 1 fully saturated rings. The van der Waals surface area contributed by atoms with Crippen molar-refractivity contribution in [3.05, 3.63) is 28.3 Å². The summed E-state index contributed by atoms with van der Waals surface area (Å²) < 4.78 is 5.77. The fourth-order valence-corrected chi connectivity index (χ4v) is 3.51. The molecule has 1 N–H and O–H groups in total. The fourth-order valence-electron chi connectivity index (χ4n) is 3.26. The topological polar surface area (TPSA) is 32.7 Å². The van der Waals surface area contributed by atoms with Crippen LogP contribution in [0.2, 0.25) is 5.02 Å². The minimum absolute atomic E-state index is 0.0373. The Kier molecular flexibility index (Phi) is 3.70. The van der Waals surface area contributed by atoms with Gasteiger partial charge in [0.1, 0.15) is 18.5 Å². The highest BCUT2D eigenvalue weighted by Gasteiger charge is 2.36. The Hall–Kier alpha value is -0.770. The quantitative estimate of drug-likeness (QED) is 0.905. The van der Waals surface area contributed by atoms with Gasteiger partial charge >= 0.3 is 0 Å². The third-order valence-electron chi connectivity index (χ3n) is 4.16. The molecule has 0 radical (unpaired) electrons. The molecule has 0 aliphatic carbocycles. The summed E-state index contributed by atoms with van der Waals surface area (Å²) in [6.45, 7) is 4.58. The standard InChI is InChI=1S/C15H20ClNO2/c1-2-10-7-11(16)8-12-14(17-5-3-4-6-17)13(18)9-19-15(10)12/h7-8,13-14,18H,2-6,9H2,1H3. The van der Waals surface area contributed by atoms with Crippen molar-refractivity contribution in [2.45, 2.75) is 38.3 Å². The molecular formula is C15H20ClNO2. The van der Waals surface area contributed by atoms with Gasteiger partial charge in [0, 0.05) is 10.6 Å². The molecule has 0 amide bonds.